The normalized spacial score (nSPS) is 14.0. The number of rotatable bonds is 12. The summed E-state index contributed by atoms with van der Waals surface area (Å²) >= 11 is 0. The SMILES string of the molecule is CC(C)(CCCC(=O)Nc1ccccc1)C1=CC(=O)C(C(C)(C)CCCC(=O)Nc2ccccc2)=CC1=O. The first-order valence-corrected chi connectivity index (χ1v) is 13.2. The van der Waals surface area contributed by atoms with Crippen LogP contribution in [0, 0.1) is 10.8 Å². The Balaban J connectivity index is 1.51. The molecule has 6 heteroatoms. The summed E-state index contributed by atoms with van der Waals surface area (Å²) < 4.78 is 0. The van der Waals surface area contributed by atoms with Gasteiger partial charge in [0.15, 0.2) is 11.6 Å². The van der Waals surface area contributed by atoms with Crippen molar-refractivity contribution in [2.45, 2.75) is 66.2 Å². The van der Waals surface area contributed by atoms with Crippen LogP contribution in [0.1, 0.15) is 66.2 Å². The third kappa shape index (κ3) is 8.10. The van der Waals surface area contributed by atoms with E-state index in [1.165, 1.54) is 12.2 Å². The number of hydrogen-bond acceptors (Lipinski definition) is 4. The molecule has 6 nitrogen and oxygen atoms in total. The molecule has 0 saturated heterocycles. The van der Waals surface area contributed by atoms with Crippen molar-refractivity contribution < 1.29 is 19.2 Å². The molecule has 0 spiro atoms. The molecule has 2 aromatic carbocycles. The van der Waals surface area contributed by atoms with Crippen molar-refractivity contribution in [3.05, 3.63) is 84.0 Å². The van der Waals surface area contributed by atoms with Crippen LogP contribution in [0.4, 0.5) is 11.4 Å². The van der Waals surface area contributed by atoms with Crippen molar-refractivity contribution in [1.29, 1.82) is 0 Å². The minimum absolute atomic E-state index is 0.0755. The van der Waals surface area contributed by atoms with Gasteiger partial charge < -0.3 is 10.6 Å². The molecule has 1 aliphatic rings. The lowest BCUT2D eigenvalue weighted by Crippen LogP contribution is -2.30. The van der Waals surface area contributed by atoms with E-state index in [2.05, 4.69) is 10.6 Å². The van der Waals surface area contributed by atoms with Gasteiger partial charge in [-0.2, -0.15) is 0 Å². The highest BCUT2D eigenvalue weighted by Gasteiger charge is 2.36. The van der Waals surface area contributed by atoms with E-state index in [0.29, 0.717) is 49.7 Å². The van der Waals surface area contributed by atoms with Crippen LogP contribution in [-0.4, -0.2) is 23.4 Å². The summed E-state index contributed by atoms with van der Waals surface area (Å²) in [7, 11) is 0. The van der Waals surface area contributed by atoms with Crippen LogP contribution in [0.25, 0.3) is 0 Å². The number of ketones is 2. The molecule has 1 aliphatic carbocycles. The van der Waals surface area contributed by atoms with Crippen molar-refractivity contribution >= 4 is 34.8 Å². The first kappa shape index (κ1) is 28.8. The second kappa shape index (κ2) is 12.6. The van der Waals surface area contributed by atoms with Crippen LogP contribution in [-0.2, 0) is 19.2 Å². The number of amides is 2. The summed E-state index contributed by atoms with van der Waals surface area (Å²) in [6.45, 7) is 7.76. The Morgan fingerprint density at radius 2 is 0.947 bits per heavy atom. The molecule has 0 aliphatic heterocycles. The standard InChI is InChI=1S/C32H38N2O4/c1-31(2,19-11-17-29(37)33-23-13-7-5-8-14-23)25-21-28(36)26(22-27(25)35)32(3,4)20-12-18-30(38)34-24-15-9-6-10-16-24/h5-10,13-16,21-22H,11-12,17-20H2,1-4H3,(H,33,37)(H,34,38). The Bertz CT molecular complexity index is 1130. The topological polar surface area (TPSA) is 92.3 Å². The van der Waals surface area contributed by atoms with Gasteiger partial charge in [0.2, 0.25) is 11.8 Å². The molecular formula is C32H38N2O4. The van der Waals surface area contributed by atoms with Crippen LogP contribution >= 0.6 is 0 Å². The Labute approximate surface area is 225 Å². The van der Waals surface area contributed by atoms with Gasteiger partial charge in [-0.15, -0.1) is 0 Å². The van der Waals surface area contributed by atoms with Crippen molar-refractivity contribution in [2.75, 3.05) is 10.6 Å². The summed E-state index contributed by atoms with van der Waals surface area (Å²) in [5.74, 6) is -0.469. The zero-order chi connectivity index (χ0) is 27.8. The van der Waals surface area contributed by atoms with E-state index < -0.39 is 10.8 Å². The second-order valence-electron chi connectivity index (χ2n) is 11.1. The van der Waals surface area contributed by atoms with Gasteiger partial charge in [-0.25, -0.2) is 0 Å². The maximum absolute atomic E-state index is 13.1. The second-order valence-corrected chi connectivity index (χ2v) is 11.1. The fourth-order valence-electron chi connectivity index (χ4n) is 4.76. The average Bonchev–Trinajstić information content (AvgIpc) is 2.86. The maximum atomic E-state index is 13.1. The predicted molar refractivity (Wildman–Crippen MR) is 152 cm³/mol. The highest BCUT2D eigenvalue weighted by molar-refractivity contribution is 6.20. The number of allylic oxidation sites excluding steroid dienone is 4. The third-order valence-electron chi connectivity index (χ3n) is 7.07. The highest BCUT2D eigenvalue weighted by atomic mass is 16.2. The van der Waals surface area contributed by atoms with E-state index in [-0.39, 0.29) is 23.4 Å². The lowest BCUT2D eigenvalue weighted by Gasteiger charge is -2.32. The predicted octanol–water partition coefficient (Wildman–Crippen LogP) is 6.66. The van der Waals surface area contributed by atoms with Crippen LogP contribution in [0.2, 0.25) is 0 Å². The fraction of sp³-hybridized carbons (Fsp3) is 0.375. The molecule has 2 amide bonds. The number of benzene rings is 2. The van der Waals surface area contributed by atoms with Gasteiger partial charge in [-0.3, -0.25) is 19.2 Å². The summed E-state index contributed by atoms with van der Waals surface area (Å²) in [6.07, 6.45) is 6.01. The molecule has 2 aromatic rings. The number of carbonyl (C=O) groups is 4. The lowest BCUT2D eigenvalue weighted by atomic mass is 9.70. The molecule has 0 fully saturated rings. The molecular weight excluding hydrogens is 476 g/mol. The van der Waals surface area contributed by atoms with E-state index in [4.69, 9.17) is 0 Å². The Morgan fingerprint density at radius 3 is 1.29 bits per heavy atom. The molecule has 0 aromatic heterocycles. The number of carbonyl (C=O) groups excluding carboxylic acids is 4. The molecule has 0 unspecified atom stereocenters. The minimum Gasteiger partial charge on any atom is -0.326 e. The van der Waals surface area contributed by atoms with Crippen LogP contribution in [0.5, 0.6) is 0 Å². The Morgan fingerprint density at radius 1 is 0.605 bits per heavy atom. The zero-order valence-corrected chi connectivity index (χ0v) is 22.8. The largest absolute Gasteiger partial charge is 0.326 e. The monoisotopic (exact) mass is 514 g/mol. The minimum atomic E-state index is -0.540. The first-order valence-electron chi connectivity index (χ1n) is 13.2. The maximum Gasteiger partial charge on any atom is 0.224 e. The van der Waals surface area contributed by atoms with E-state index in [9.17, 15) is 19.2 Å². The van der Waals surface area contributed by atoms with Gasteiger partial charge in [-0.1, -0.05) is 64.1 Å². The van der Waals surface area contributed by atoms with Crippen molar-refractivity contribution in [3.8, 4) is 0 Å². The van der Waals surface area contributed by atoms with Crippen molar-refractivity contribution in [2.24, 2.45) is 10.8 Å². The molecule has 2 N–H and O–H groups in total. The molecule has 0 saturated carbocycles. The molecule has 0 radical (unpaired) electrons. The summed E-state index contributed by atoms with van der Waals surface area (Å²) in [4.78, 5) is 50.8. The zero-order valence-electron chi connectivity index (χ0n) is 22.8. The lowest BCUT2D eigenvalue weighted by molar-refractivity contribution is -0.117. The van der Waals surface area contributed by atoms with Gasteiger partial charge >= 0.3 is 0 Å². The highest BCUT2D eigenvalue weighted by Crippen LogP contribution is 2.40. The number of hydrogen-bond donors (Lipinski definition) is 2. The summed E-state index contributed by atoms with van der Waals surface area (Å²) in [5.41, 5.74) is 1.39. The molecule has 0 atom stereocenters. The molecule has 0 heterocycles. The number of nitrogens with one attached hydrogen (secondary N) is 2. The Hall–Kier alpha value is -3.80. The molecule has 38 heavy (non-hydrogen) atoms. The fourth-order valence-corrected chi connectivity index (χ4v) is 4.76. The van der Waals surface area contributed by atoms with E-state index >= 15 is 0 Å². The van der Waals surface area contributed by atoms with E-state index in [0.717, 1.165) is 11.4 Å². The smallest absolute Gasteiger partial charge is 0.224 e. The van der Waals surface area contributed by atoms with Gasteiger partial charge in [0.1, 0.15) is 0 Å². The van der Waals surface area contributed by atoms with Gasteiger partial charge in [-0.05, 0) is 72.9 Å². The van der Waals surface area contributed by atoms with Gasteiger partial charge in [0, 0.05) is 35.4 Å². The summed E-state index contributed by atoms with van der Waals surface area (Å²) in [6, 6.07) is 18.6. The van der Waals surface area contributed by atoms with E-state index in [1.54, 1.807) is 0 Å². The average molecular weight is 515 g/mol. The van der Waals surface area contributed by atoms with Crippen molar-refractivity contribution in [3.63, 3.8) is 0 Å². The summed E-state index contributed by atoms with van der Waals surface area (Å²) in [5, 5.41) is 5.74. The van der Waals surface area contributed by atoms with Gasteiger partial charge in [0.05, 0.1) is 0 Å². The van der Waals surface area contributed by atoms with Crippen LogP contribution in [0.15, 0.2) is 84.0 Å². The molecule has 0 bridgehead atoms. The third-order valence-corrected chi connectivity index (χ3v) is 7.07. The Kier molecular flexibility index (Phi) is 9.56. The van der Waals surface area contributed by atoms with Crippen LogP contribution < -0.4 is 10.6 Å². The molecule has 3 rings (SSSR count). The first-order chi connectivity index (χ1) is 18.0. The number of anilines is 2. The number of para-hydroxylation sites is 2. The molecule has 200 valence electrons. The quantitative estimate of drug-likeness (QED) is 0.310. The van der Waals surface area contributed by atoms with Crippen molar-refractivity contribution in [1.82, 2.24) is 0 Å². The van der Waals surface area contributed by atoms with Crippen LogP contribution in [0.3, 0.4) is 0 Å². The van der Waals surface area contributed by atoms with Gasteiger partial charge in [0.25, 0.3) is 0 Å². The van der Waals surface area contributed by atoms with E-state index in [1.807, 2.05) is 88.4 Å².